The van der Waals surface area contributed by atoms with Crippen molar-refractivity contribution >= 4 is 11.8 Å². The lowest BCUT2D eigenvalue weighted by molar-refractivity contribution is -0.138. The van der Waals surface area contributed by atoms with E-state index in [1.54, 1.807) is 13.2 Å². The van der Waals surface area contributed by atoms with E-state index in [-0.39, 0.29) is 17.9 Å². The average Bonchev–Trinajstić information content (AvgIpc) is 2.93. The van der Waals surface area contributed by atoms with Gasteiger partial charge in [0.25, 0.3) is 5.91 Å². The fraction of sp³-hybridized carbons (Fsp3) is 0.778. The molecule has 136 valence electrons. The number of rotatable bonds is 4. The van der Waals surface area contributed by atoms with Gasteiger partial charge < -0.3 is 10.2 Å². The van der Waals surface area contributed by atoms with Gasteiger partial charge in [-0.1, -0.05) is 18.6 Å². The Morgan fingerprint density at radius 3 is 2.68 bits per heavy atom. The van der Waals surface area contributed by atoms with E-state index in [0.29, 0.717) is 35.9 Å². The average molecular weight is 345 g/mol. The fourth-order valence-electron chi connectivity index (χ4n) is 4.95. The molecule has 3 aliphatic rings. The van der Waals surface area contributed by atoms with Gasteiger partial charge in [-0.25, -0.2) is 0 Å². The first-order valence-electron chi connectivity index (χ1n) is 9.51. The smallest absolute Gasteiger partial charge is 0.273 e. The summed E-state index contributed by atoms with van der Waals surface area (Å²) >= 11 is 0. The molecule has 0 aromatic carbocycles. The highest BCUT2D eigenvalue weighted by Crippen LogP contribution is 2.58. The van der Waals surface area contributed by atoms with Gasteiger partial charge in [-0.2, -0.15) is 0 Å². The normalized spacial score (nSPS) is 33.8. The van der Waals surface area contributed by atoms with Crippen LogP contribution in [-0.2, 0) is 11.8 Å². The maximum absolute atomic E-state index is 13.0. The first-order chi connectivity index (χ1) is 12.1. The number of carbonyl (C=O) groups excluding carboxylic acids is 2. The van der Waals surface area contributed by atoms with Crippen molar-refractivity contribution in [2.45, 2.75) is 45.1 Å². The molecule has 3 fully saturated rings. The molecule has 1 saturated heterocycles. The maximum atomic E-state index is 13.0. The minimum absolute atomic E-state index is 0.0863. The van der Waals surface area contributed by atoms with Crippen molar-refractivity contribution in [1.82, 2.24) is 25.2 Å². The van der Waals surface area contributed by atoms with Crippen molar-refractivity contribution in [3.63, 3.8) is 0 Å². The lowest BCUT2D eigenvalue weighted by atomic mass is 9.90. The predicted octanol–water partition coefficient (Wildman–Crippen LogP) is 1.22. The van der Waals surface area contributed by atoms with E-state index in [1.165, 1.54) is 23.9 Å². The van der Waals surface area contributed by atoms with Crippen molar-refractivity contribution in [2.24, 2.45) is 30.7 Å². The number of nitrogens with one attached hydrogen (secondary N) is 1. The van der Waals surface area contributed by atoms with Gasteiger partial charge in [0.05, 0.1) is 12.2 Å². The third-order valence-electron chi connectivity index (χ3n) is 6.40. The van der Waals surface area contributed by atoms with Crippen LogP contribution < -0.4 is 5.32 Å². The Hall–Kier alpha value is -1.92. The summed E-state index contributed by atoms with van der Waals surface area (Å²) in [6, 6.07) is 0.0863. The predicted molar refractivity (Wildman–Crippen MR) is 91.6 cm³/mol. The maximum Gasteiger partial charge on any atom is 0.273 e. The third kappa shape index (κ3) is 3.04. The van der Waals surface area contributed by atoms with E-state index in [4.69, 9.17) is 0 Å². The number of carbonyl (C=O) groups is 2. The second-order valence-electron chi connectivity index (χ2n) is 7.99. The molecule has 1 aromatic rings. The number of piperidine rings is 1. The first-order valence-corrected chi connectivity index (χ1v) is 9.51. The molecule has 2 heterocycles. The Kier molecular flexibility index (Phi) is 4.25. The van der Waals surface area contributed by atoms with Gasteiger partial charge in [0, 0.05) is 26.1 Å². The summed E-state index contributed by atoms with van der Waals surface area (Å²) in [6.07, 6.45) is 7.49. The topological polar surface area (TPSA) is 80.1 Å². The largest absolute Gasteiger partial charge is 0.349 e. The van der Waals surface area contributed by atoms with Gasteiger partial charge in [-0.3, -0.25) is 14.3 Å². The number of likely N-dealkylation sites (tertiary alicyclic amines) is 1. The Labute approximate surface area is 148 Å². The summed E-state index contributed by atoms with van der Waals surface area (Å²) in [4.78, 5) is 27.4. The van der Waals surface area contributed by atoms with Crippen molar-refractivity contribution < 1.29 is 9.59 Å². The van der Waals surface area contributed by atoms with Crippen LogP contribution in [0.25, 0.3) is 0 Å². The fourth-order valence-corrected chi connectivity index (χ4v) is 4.95. The number of amides is 2. The van der Waals surface area contributed by atoms with Gasteiger partial charge >= 0.3 is 0 Å². The Morgan fingerprint density at radius 2 is 2.00 bits per heavy atom. The highest BCUT2D eigenvalue weighted by Gasteiger charge is 2.58. The molecular formula is C18H27N5O2. The van der Waals surface area contributed by atoms with Crippen LogP contribution >= 0.6 is 0 Å². The molecule has 0 spiro atoms. The van der Waals surface area contributed by atoms with E-state index in [1.807, 2.05) is 0 Å². The third-order valence-corrected chi connectivity index (χ3v) is 6.40. The van der Waals surface area contributed by atoms with Gasteiger partial charge in [-0.15, -0.1) is 5.10 Å². The molecule has 1 aliphatic heterocycles. The van der Waals surface area contributed by atoms with Crippen molar-refractivity contribution in [3.8, 4) is 0 Å². The number of nitrogens with zero attached hydrogens (tertiary/aromatic N) is 4. The monoisotopic (exact) mass is 345 g/mol. The van der Waals surface area contributed by atoms with Crippen molar-refractivity contribution in [1.29, 1.82) is 0 Å². The molecule has 4 rings (SSSR count). The standard InChI is InChI=1S/C18H27N5O2/c1-11-5-4-8-23(18(25)16-12-6-3-7-13(12)16)15(11)9-19-17(24)14-10-22(2)21-20-14/h10-13,15-16H,3-9H2,1-2H3,(H,19,24). The molecule has 0 bridgehead atoms. The Balaban J connectivity index is 1.40. The quantitative estimate of drug-likeness (QED) is 0.890. The summed E-state index contributed by atoms with van der Waals surface area (Å²) in [5.74, 6) is 2.05. The van der Waals surface area contributed by atoms with E-state index in [0.717, 1.165) is 19.4 Å². The zero-order chi connectivity index (χ0) is 17.6. The highest BCUT2D eigenvalue weighted by molar-refractivity contribution is 5.92. The Bertz CT molecular complexity index is 662. The zero-order valence-corrected chi connectivity index (χ0v) is 15.0. The van der Waals surface area contributed by atoms with Gasteiger partial charge in [-0.05, 0) is 43.4 Å². The molecule has 2 aliphatic carbocycles. The van der Waals surface area contributed by atoms with Gasteiger partial charge in [0.2, 0.25) is 5.91 Å². The van der Waals surface area contributed by atoms with Crippen LogP contribution in [0.3, 0.4) is 0 Å². The number of hydrogen-bond acceptors (Lipinski definition) is 4. The van der Waals surface area contributed by atoms with E-state index in [9.17, 15) is 9.59 Å². The number of fused-ring (bicyclic) bond motifs is 1. The van der Waals surface area contributed by atoms with E-state index >= 15 is 0 Å². The molecule has 1 aromatic heterocycles. The molecule has 4 atom stereocenters. The van der Waals surface area contributed by atoms with Gasteiger partial charge in [0.15, 0.2) is 5.69 Å². The molecule has 7 nitrogen and oxygen atoms in total. The molecule has 1 N–H and O–H groups in total. The van der Waals surface area contributed by atoms with Crippen LogP contribution in [0.5, 0.6) is 0 Å². The first kappa shape index (κ1) is 16.5. The minimum Gasteiger partial charge on any atom is -0.349 e. The van der Waals surface area contributed by atoms with Crippen LogP contribution in [0.1, 0.15) is 49.5 Å². The lowest BCUT2D eigenvalue weighted by Gasteiger charge is -2.40. The summed E-state index contributed by atoms with van der Waals surface area (Å²) in [5, 5.41) is 10.6. The molecule has 7 heteroatoms. The van der Waals surface area contributed by atoms with Crippen LogP contribution in [-0.4, -0.2) is 50.8 Å². The molecule has 2 amide bonds. The van der Waals surface area contributed by atoms with Crippen LogP contribution in [0.15, 0.2) is 6.20 Å². The molecule has 2 saturated carbocycles. The minimum atomic E-state index is -0.221. The molecule has 0 radical (unpaired) electrons. The van der Waals surface area contributed by atoms with Crippen LogP contribution in [0.2, 0.25) is 0 Å². The van der Waals surface area contributed by atoms with E-state index < -0.39 is 0 Å². The molecule has 25 heavy (non-hydrogen) atoms. The van der Waals surface area contributed by atoms with Gasteiger partial charge in [0.1, 0.15) is 0 Å². The zero-order valence-electron chi connectivity index (χ0n) is 15.0. The van der Waals surface area contributed by atoms with Crippen LogP contribution in [0.4, 0.5) is 0 Å². The SMILES string of the molecule is CC1CCCN(C(=O)C2C3CCCC32)C1CNC(=O)c1cn(C)nn1. The van der Waals surface area contributed by atoms with Crippen molar-refractivity contribution in [3.05, 3.63) is 11.9 Å². The second-order valence-corrected chi connectivity index (χ2v) is 7.99. The summed E-state index contributed by atoms with van der Waals surface area (Å²) in [6.45, 7) is 3.50. The molecular weight excluding hydrogens is 318 g/mol. The lowest BCUT2D eigenvalue weighted by Crippen LogP contribution is -2.53. The Morgan fingerprint density at radius 1 is 1.24 bits per heavy atom. The van der Waals surface area contributed by atoms with Crippen LogP contribution in [0, 0.1) is 23.7 Å². The number of hydrogen-bond donors (Lipinski definition) is 1. The van der Waals surface area contributed by atoms with Crippen molar-refractivity contribution in [2.75, 3.05) is 13.1 Å². The highest BCUT2D eigenvalue weighted by atomic mass is 16.2. The van der Waals surface area contributed by atoms with E-state index in [2.05, 4.69) is 27.5 Å². The number of aromatic nitrogens is 3. The summed E-state index contributed by atoms with van der Waals surface area (Å²) in [7, 11) is 1.74. The second kappa shape index (κ2) is 6.42. The summed E-state index contributed by atoms with van der Waals surface area (Å²) < 4.78 is 1.51. The number of aryl methyl sites for hydroxylation is 1. The summed E-state index contributed by atoms with van der Waals surface area (Å²) in [5.41, 5.74) is 0.320. The molecule has 4 unspecified atom stereocenters.